The minimum Gasteiger partial charge on any atom is -0.300 e. The van der Waals surface area contributed by atoms with Crippen molar-refractivity contribution in [1.82, 2.24) is 9.97 Å². The van der Waals surface area contributed by atoms with E-state index in [4.69, 9.17) is 9.97 Å². The molecule has 50 heavy (non-hydrogen) atoms. The number of rotatable bonds is 8. The van der Waals surface area contributed by atoms with Crippen molar-refractivity contribution in [3.8, 4) is 22.5 Å². The molecule has 0 unspecified atom stereocenters. The zero-order valence-corrected chi connectivity index (χ0v) is 32.9. The number of aromatic nitrogens is 2. The molecule has 0 saturated heterocycles. The Balaban J connectivity index is 0.00000486. The van der Waals surface area contributed by atoms with E-state index in [0.717, 1.165) is 69.0 Å². The Morgan fingerprint density at radius 3 is 1.24 bits per heavy atom. The summed E-state index contributed by atoms with van der Waals surface area (Å²) in [6.45, 7) is 18.0. The summed E-state index contributed by atoms with van der Waals surface area (Å²) in [7, 11) is 0. The van der Waals surface area contributed by atoms with Crippen LogP contribution in [0.15, 0.2) is 121 Å². The fourth-order valence-electron chi connectivity index (χ4n) is 7.03. The van der Waals surface area contributed by atoms with E-state index in [0.29, 0.717) is 0 Å². The van der Waals surface area contributed by atoms with E-state index >= 15 is 0 Å². The standard InChI is InChI=1S/C47H48N2.Pt/c1-33-25-41(37-19-15-17-35(29-37)31-45(3,4)5)48-43(27-33)47(39-21-11-9-12-22-39,40-23-13-10-14-24-40)44-28-34(2)26-42(49-44)38-20-16-18-36(30-38)32-46(6,7)8;/h9-18,21-30H,31-32H2,1-8H3;/q-2;+2. The number of pyridine rings is 2. The predicted octanol–water partition coefficient (Wildman–Crippen LogP) is 11.6. The molecular formula is C47H48N2Pt. The molecule has 0 aliphatic rings. The van der Waals surface area contributed by atoms with Crippen molar-refractivity contribution in [2.75, 3.05) is 0 Å². The van der Waals surface area contributed by atoms with Crippen LogP contribution in [0.1, 0.15) is 86.3 Å². The van der Waals surface area contributed by atoms with Gasteiger partial charge in [0.2, 0.25) is 0 Å². The van der Waals surface area contributed by atoms with E-state index in [1.54, 1.807) is 0 Å². The first-order valence-corrected chi connectivity index (χ1v) is 17.4. The third-order valence-electron chi connectivity index (χ3n) is 8.87. The molecule has 4 aromatic carbocycles. The molecular weight excluding hydrogens is 788 g/mol. The molecule has 0 aliphatic carbocycles. The Labute approximate surface area is 314 Å². The van der Waals surface area contributed by atoms with Gasteiger partial charge in [-0.2, -0.15) is 0 Å². The van der Waals surface area contributed by atoms with Crippen molar-refractivity contribution in [2.45, 2.75) is 73.6 Å². The van der Waals surface area contributed by atoms with Gasteiger partial charge in [-0.05, 0) is 72.2 Å². The van der Waals surface area contributed by atoms with Crippen LogP contribution in [0.4, 0.5) is 0 Å². The molecule has 3 heteroatoms. The molecule has 2 aromatic heterocycles. The van der Waals surface area contributed by atoms with Gasteiger partial charge in [0, 0.05) is 0 Å². The molecule has 256 valence electrons. The van der Waals surface area contributed by atoms with Gasteiger partial charge < -0.3 is 0 Å². The SMILES string of the molecule is Cc1cc(-c2[c-]ccc(CC(C)(C)C)c2)nc(C(c2ccccc2)(c2ccccc2)c2cc(C)cc(-c3[c-]ccc(CC(C)(C)C)c3)n2)c1.[Pt+2]. The molecule has 0 spiro atoms. The Hall–Kier alpha value is -4.13. The predicted molar refractivity (Wildman–Crippen MR) is 205 cm³/mol. The van der Waals surface area contributed by atoms with E-state index in [9.17, 15) is 0 Å². The van der Waals surface area contributed by atoms with Crippen LogP contribution < -0.4 is 0 Å². The van der Waals surface area contributed by atoms with Gasteiger partial charge in [-0.15, -0.1) is 70.8 Å². The average Bonchev–Trinajstić information content (AvgIpc) is 3.04. The molecule has 0 aliphatic heterocycles. The summed E-state index contributed by atoms with van der Waals surface area (Å²) < 4.78 is 0. The molecule has 0 fully saturated rings. The van der Waals surface area contributed by atoms with Crippen molar-refractivity contribution >= 4 is 0 Å². The smallest absolute Gasteiger partial charge is 0.300 e. The van der Waals surface area contributed by atoms with Crippen LogP contribution in [-0.2, 0) is 39.3 Å². The van der Waals surface area contributed by atoms with Gasteiger partial charge in [0.05, 0.1) is 11.4 Å². The third kappa shape index (κ3) is 8.42. The number of hydrogen-bond donors (Lipinski definition) is 0. The molecule has 6 rings (SSSR count). The van der Waals surface area contributed by atoms with Crippen LogP contribution in [0.25, 0.3) is 22.5 Å². The number of benzene rings is 4. The molecule has 0 bridgehead atoms. The molecule has 0 radical (unpaired) electrons. The molecule has 2 heterocycles. The second-order valence-electron chi connectivity index (χ2n) is 16.0. The zero-order chi connectivity index (χ0) is 34.8. The van der Waals surface area contributed by atoms with Crippen molar-refractivity contribution in [1.29, 1.82) is 0 Å². The van der Waals surface area contributed by atoms with Crippen LogP contribution in [0.2, 0.25) is 0 Å². The zero-order valence-electron chi connectivity index (χ0n) is 30.7. The first kappa shape index (κ1) is 37.1. The van der Waals surface area contributed by atoms with Crippen molar-refractivity contribution < 1.29 is 21.1 Å². The van der Waals surface area contributed by atoms with E-state index in [1.807, 2.05) is 12.1 Å². The van der Waals surface area contributed by atoms with Gasteiger partial charge in [-0.3, -0.25) is 9.97 Å². The van der Waals surface area contributed by atoms with Crippen molar-refractivity contribution in [2.24, 2.45) is 10.8 Å². The van der Waals surface area contributed by atoms with Crippen LogP contribution in [0, 0.1) is 36.8 Å². The van der Waals surface area contributed by atoms with Crippen LogP contribution in [-0.4, -0.2) is 9.97 Å². The van der Waals surface area contributed by atoms with E-state index in [1.165, 1.54) is 11.1 Å². The molecule has 6 aromatic rings. The monoisotopic (exact) mass is 835 g/mol. The largest absolute Gasteiger partial charge is 2.00 e. The maximum Gasteiger partial charge on any atom is 2.00 e. The Morgan fingerprint density at radius 2 is 0.880 bits per heavy atom. The summed E-state index contributed by atoms with van der Waals surface area (Å²) in [6.07, 6.45) is 1.96. The second-order valence-corrected chi connectivity index (χ2v) is 16.0. The van der Waals surface area contributed by atoms with E-state index in [2.05, 4.69) is 177 Å². The molecule has 2 nitrogen and oxygen atoms in total. The van der Waals surface area contributed by atoms with Gasteiger partial charge in [-0.25, -0.2) is 0 Å². The fraction of sp³-hybridized carbons (Fsp3) is 0.277. The van der Waals surface area contributed by atoms with Crippen LogP contribution in [0.5, 0.6) is 0 Å². The van der Waals surface area contributed by atoms with Gasteiger partial charge in [0.1, 0.15) is 5.41 Å². The molecule has 0 saturated carbocycles. The molecule has 0 atom stereocenters. The summed E-state index contributed by atoms with van der Waals surface area (Å²) >= 11 is 0. The summed E-state index contributed by atoms with van der Waals surface area (Å²) in [5, 5.41) is 0. The summed E-state index contributed by atoms with van der Waals surface area (Å²) in [5.41, 5.74) is 12.4. The van der Waals surface area contributed by atoms with Gasteiger partial charge in [0.25, 0.3) is 0 Å². The summed E-state index contributed by atoms with van der Waals surface area (Å²) in [4.78, 5) is 11.1. The quantitative estimate of drug-likeness (QED) is 0.143. The maximum absolute atomic E-state index is 5.55. The topological polar surface area (TPSA) is 25.8 Å². The minimum atomic E-state index is -0.796. The summed E-state index contributed by atoms with van der Waals surface area (Å²) in [6, 6.07) is 50.3. The average molecular weight is 836 g/mol. The fourth-order valence-corrected chi connectivity index (χ4v) is 7.03. The Kier molecular flexibility index (Phi) is 11.1. The number of nitrogens with zero attached hydrogens (tertiary/aromatic N) is 2. The summed E-state index contributed by atoms with van der Waals surface area (Å²) in [5.74, 6) is 0. The minimum absolute atomic E-state index is 0. The van der Waals surface area contributed by atoms with Gasteiger partial charge in [-0.1, -0.05) is 125 Å². The normalized spacial score (nSPS) is 12.0. The van der Waals surface area contributed by atoms with Gasteiger partial charge >= 0.3 is 21.1 Å². The molecule has 0 amide bonds. The first-order valence-electron chi connectivity index (χ1n) is 17.4. The molecule has 0 N–H and O–H groups in total. The van der Waals surface area contributed by atoms with Crippen molar-refractivity contribution in [3.05, 3.63) is 178 Å². The van der Waals surface area contributed by atoms with Crippen LogP contribution in [0.3, 0.4) is 0 Å². The number of aryl methyl sites for hydroxylation is 2. The van der Waals surface area contributed by atoms with E-state index in [-0.39, 0.29) is 31.9 Å². The second kappa shape index (κ2) is 15.0. The number of hydrogen-bond acceptors (Lipinski definition) is 2. The van der Waals surface area contributed by atoms with Crippen LogP contribution >= 0.6 is 0 Å². The van der Waals surface area contributed by atoms with E-state index < -0.39 is 5.41 Å². The first-order chi connectivity index (χ1) is 23.3. The third-order valence-corrected chi connectivity index (χ3v) is 8.87. The Bertz CT molecular complexity index is 1900. The maximum atomic E-state index is 5.55. The van der Waals surface area contributed by atoms with Gasteiger partial charge in [0.15, 0.2) is 0 Å². The van der Waals surface area contributed by atoms with Crippen molar-refractivity contribution in [3.63, 3.8) is 0 Å². The Morgan fingerprint density at radius 1 is 0.500 bits per heavy atom.